The fourth-order valence-corrected chi connectivity index (χ4v) is 3.86. The quantitative estimate of drug-likeness (QED) is 0.849. The molecule has 0 spiro atoms. The Labute approximate surface area is 134 Å². The first-order valence-electron chi connectivity index (χ1n) is 6.82. The van der Waals surface area contributed by atoms with Crippen LogP contribution in [-0.2, 0) is 16.4 Å². The summed E-state index contributed by atoms with van der Waals surface area (Å²) in [5.41, 5.74) is 0. The van der Waals surface area contributed by atoms with Crippen molar-refractivity contribution in [2.45, 2.75) is 18.4 Å². The van der Waals surface area contributed by atoms with Crippen molar-refractivity contribution in [3.8, 4) is 0 Å². The van der Waals surface area contributed by atoms with Gasteiger partial charge in [-0.3, -0.25) is 0 Å². The molecule has 0 radical (unpaired) electrons. The van der Waals surface area contributed by atoms with E-state index in [1.165, 1.54) is 4.88 Å². The number of urea groups is 1. The highest BCUT2D eigenvalue weighted by atomic mass is 32.2. The van der Waals surface area contributed by atoms with E-state index in [1.54, 1.807) is 41.7 Å². The maximum absolute atomic E-state index is 12.0. The molecule has 0 fully saturated rings. The molecule has 0 saturated carbocycles. The van der Waals surface area contributed by atoms with Crippen LogP contribution in [0.2, 0.25) is 0 Å². The SMILES string of the molecule is Cc1ccc(CNC(=O)NCCS(=O)(=O)c2ccccc2)s1. The van der Waals surface area contributed by atoms with E-state index in [1.807, 2.05) is 19.1 Å². The number of hydrogen-bond acceptors (Lipinski definition) is 4. The molecule has 0 saturated heterocycles. The maximum atomic E-state index is 12.0. The molecule has 0 atom stereocenters. The summed E-state index contributed by atoms with van der Waals surface area (Å²) in [6.45, 7) is 2.52. The summed E-state index contributed by atoms with van der Waals surface area (Å²) in [6.07, 6.45) is 0. The molecule has 0 aliphatic heterocycles. The predicted molar refractivity (Wildman–Crippen MR) is 87.8 cm³/mol. The maximum Gasteiger partial charge on any atom is 0.315 e. The summed E-state index contributed by atoms with van der Waals surface area (Å²) in [5.74, 6) is -0.122. The Balaban J connectivity index is 1.75. The van der Waals surface area contributed by atoms with Gasteiger partial charge in [-0.25, -0.2) is 13.2 Å². The number of amides is 2. The van der Waals surface area contributed by atoms with Gasteiger partial charge >= 0.3 is 6.03 Å². The summed E-state index contributed by atoms with van der Waals surface area (Å²) in [4.78, 5) is 14.1. The van der Waals surface area contributed by atoms with Gasteiger partial charge in [0.2, 0.25) is 0 Å². The minimum absolute atomic E-state index is 0.0759. The molecule has 0 bridgehead atoms. The second-order valence-electron chi connectivity index (χ2n) is 4.75. The Morgan fingerprint density at radius 2 is 1.82 bits per heavy atom. The van der Waals surface area contributed by atoms with Crippen LogP contribution in [0.4, 0.5) is 4.79 Å². The lowest BCUT2D eigenvalue weighted by Crippen LogP contribution is -2.37. The third-order valence-electron chi connectivity index (χ3n) is 2.98. The average Bonchev–Trinajstić information content (AvgIpc) is 2.91. The molecular weight excluding hydrogens is 320 g/mol. The first kappa shape index (κ1) is 16.5. The van der Waals surface area contributed by atoms with Crippen molar-refractivity contribution in [1.82, 2.24) is 10.6 Å². The van der Waals surface area contributed by atoms with E-state index in [0.29, 0.717) is 6.54 Å². The average molecular weight is 338 g/mol. The van der Waals surface area contributed by atoms with E-state index in [2.05, 4.69) is 10.6 Å². The van der Waals surface area contributed by atoms with Crippen LogP contribution in [0.5, 0.6) is 0 Å². The standard InChI is InChI=1S/C15H18N2O3S2/c1-12-7-8-13(21-12)11-17-15(18)16-9-10-22(19,20)14-5-3-2-4-6-14/h2-8H,9-11H2,1H3,(H2,16,17,18). The van der Waals surface area contributed by atoms with E-state index in [0.717, 1.165) is 4.88 Å². The highest BCUT2D eigenvalue weighted by Crippen LogP contribution is 2.14. The second-order valence-corrected chi connectivity index (χ2v) is 8.24. The van der Waals surface area contributed by atoms with Gasteiger partial charge in [-0.1, -0.05) is 18.2 Å². The molecule has 0 unspecified atom stereocenters. The number of carbonyl (C=O) groups is 1. The minimum atomic E-state index is -3.36. The number of benzene rings is 1. The molecule has 7 heteroatoms. The number of hydrogen-bond donors (Lipinski definition) is 2. The van der Waals surface area contributed by atoms with Crippen molar-refractivity contribution in [3.05, 3.63) is 52.2 Å². The third kappa shape index (κ3) is 4.85. The first-order valence-corrected chi connectivity index (χ1v) is 9.29. The third-order valence-corrected chi connectivity index (χ3v) is 5.71. The summed E-state index contributed by atoms with van der Waals surface area (Å²) >= 11 is 1.62. The van der Waals surface area contributed by atoms with E-state index in [4.69, 9.17) is 0 Å². The molecule has 2 aromatic rings. The fraction of sp³-hybridized carbons (Fsp3) is 0.267. The van der Waals surface area contributed by atoms with E-state index < -0.39 is 9.84 Å². The Morgan fingerprint density at radius 3 is 2.45 bits per heavy atom. The van der Waals surface area contributed by atoms with E-state index in [9.17, 15) is 13.2 Å². The van der Waals surface area contributed by atoms with Gasteiger partial charge < -0.3 is 10.6 Å². The number of thiophene rings is 1. The molecule has 1 aromatic heterocycles. The van der Waals surface area contributed by atoms with Crippen molar-refractivity contribution < 1.29 is 13.2 Å². The molecule has 22 heavy (non-hydrogen) atoms. The number of rotatable bonds is 6. The van der Waals surface area contributed by atoms with Gasteiger partial charge in [0.25, 0.3) is 0 Å². The van der Waals surface area contributed by atoms with Crippen LogP contribution in [0, 0.1) is 6.92 Å². The highest BCUT2D eigenvalue weighted by Gasteiger charge is 2.13. The Morgan fingerprint density at radius 1 is 1.09 bits per heavy atom. The van der Waals surface area contributed by atoms with Crippen LogP contribution in [-0.4, -0.2) is 26.7 Å². The molecule has 5 nitrogen and oxygen atoms in total. The summed E-state index contributed by atoms with van der Waals surface area (Å²) in [5, 5.41) is 5.26. The lowest BCUT2D eigenvalue weighted by molar-refractivity contribution is 0.241. The van der Waals surface area contributed by atoms with Crippen molar-refractivity contribution in [2.75, 3.05) is 12.3 Å². The zero-order chi connectivity index (χ0) is 16.0. The van der Waals surface area contributed by atoms with Gasteiger partial charge in [0.05, 0.1) is 17.2 Å². The van der Waals surface area contributed by atoms with Crippen molar-refractivity contribution in [3.63, 3.8) is 0 Å². The van der Waals surface area contributed by atoms with E-state index in [-0.39, 0.29) is 23.2 Å². The molecule has 1 aromatic carbocycles. The monoisotopic (exact) mass is 338 g/mol. The summed E-state index contributed by atoms with van der Waals surface area (Å²) in [7, 11) is -3.36. The lowest BCUT2D eigenvalue weighted by Gasteiger charge is -2.07. The van der Waals surface area contributed by atoms with Gasteiger partial charge in [-0.05, 0) is 31.2 Å². The largest absolute Gasteiger partial charge is 0.337 e. The summed E-state index contributed by atoms with van der Waals surface area (Å²) in [6, 6.07) is 11.8. The number of carbonyl (C=O) groups excluding carboxylic acids is 1. The van der Waals surface area contributed by atoms with Crippen LogP contribution >= 0.6 is 11.3 Å². The van der Waals surface area contributed by atoms with Crippen molar-refractivity contribution >= 4 is 27.2 Å². The smallest absolute Gasteiger partial charge is 0.315 e. The van der Waals surface area contributed by atoms with Crippen LogP contribution in [0.15, 0.2) is 47.4 Å². The Hall–Kier alpha value is -1.86. The summed E-state index contributed by atoms with van der Waals surface area (Å²) < 4.78 is 24.1. The molecule has 118 valence electrons. The number of aryl methyl sites for hydroxylation is 1. The molecule has 2 N–H and O–H groups in total. The fourth-order valence-electron chi connectivity index (χ4n) is 1.85. The molecule has 2 amide bonds. The van der Waals surface area contributed by atoms with E-state index >= 15 is 0 Å². The van der Waals surface area contributed by atoms with Crippen LogP contribution in [0.1, 0.15) is 9.75 Å². The van der Waals surface area contributed by atoms with Gasteiger partial charge in [0, 0.05) is 16.3 Å². The van der Waals surface area contributed by atoms with Crippen LogP contribution in [0.25, 0.3) is 0 Å². The molecule has 1 heterocycles. The predicted octanol–water partition coefficient (Wildman–Crippen LogP) is 2.33. The zero-order valence-electron chi connectivity index (χ0n) is 12.2. The van der Waals surface area contributed by atoms with Crippen LogP contribution < -0.4 is 10.6 Å². The van der Waals surface area contributed by atoms with Crippen molar-refractivity contribution in [1.29, 1.82) is 0 Å². The van der Waals surface area contributed by atoms with Gasteiger partial charge in [-0.15, -0.1) is 11.3 Å². The van der Waals surface area contributed by atoms with Gasteiger partial charge in [-0.2, -0.15) is 0 Å². The highest BCUT2D eigenvalue weighted by molar-refractivity contribution is 7.91. The molecule has 0 aliphatic rings. The molecular formula is C15H18N2O3S2. The zero-order valence-corrected chi connectivity index (χ0v) is 13.8. The lowest BCUT2D eigenvalue weighted by atomic mass is 10.4. The molecule has 2 rings (SSSR count). The van der Waals surface area contributed by atoms with Gasteiger partial charge in [0.1, 0.15) is 0 Å². The molecule has 0 aliphatic carbocycles. The first-order chi connectivity index (χ1) is 10.5. The Kier molecular flexibility index (Phi) is 5.57. The normalized spacial score (nSPS) is 11.1. The van der Waals surface area contributed by atoms with Crippen molar-refractivity contribution in [2.24, 2.45) is 0 Å². The minimum Gasteiger partial charge on any atom is -0.337 e. The topological polar surface area (TPSA) is 75.3 Å². The second kappa shape index (κ2) is 7.42. The number of nitrogens with one attached hydrogen (secondary N) is 2. The van der Waals surface area contributed by atoms with Gasteiger partial charge in [0.15, 0.2) is 9.84 Å². The number of sulfone groups is 1. The van der Waals surface area contributed by atoms with Crippen LogP contribution in [0.3, 0.4) is 0 Å². The Bertz CT molecular complexity index is 724.